The summed E-state index contributed by atoms with van der Waals surface area (Å²) in [6.45, 7) is 0. The molecule has 0 atom stereocenters. The number of rotatable bonds is 6. The first-order valence-corrected chi connectivity index (χ1v) is 7.14. The topological polar surface area (TPSA) is 89.1 Å². The Kier molecular flexibility index (Phi) is 5.04. The van der Waals surface area contributed by atoms with Crippen molar-refractivity contribution in [3.63, 3.8) is 0 Å². The number of methoxy groups -OCH3 is 2. The minimum atomic E-state index is -0.0756. The molecule has 0 aliphatic rings. The van der Waals surface area contributed by atoms with Gasteiger partial charge in [-0.25, -0.2) is 4.98 Å². The number of aromatic amines is 1. The van der Waals surface area contributed by atoms with E-state index < -0.39 is 0 Å². The SMILES string of the molecule is CNC(=O)CSc1n[nH]c(-c2ccc(OC)cc2OC)n1. The summed E-state index contributed by atoms with van der Waals surface area (Å²) in [6, 6.07) is 5.43. The van der Waals surface area contributed by atoms with E-state index >= 15 is 0 Å². The molecular weight excluding hydrogens is 292 g/mol. The third kappa shape index (κ3) is 3.66. The average Bonchev–Trinajstić information content (AvgIpc) is 3.00. The number of thioether (sulfide) groups is 1. The molecule has 21 heavy (non-hydrogen) atoms. The Morgan fingerprint density at radius 1 is 1.38 bits per heavy atom. The van der Waals surface area contributed by atoms with Crippen LogP contribution in [-0.4, -0.2) is 48.1 Å². The number of nitrogens with one attached hydrogen (secondary N) is 2. The van der Waals surface area contributed by atoms with Gasteiger partial charge in [0.2, 0.25) is 11.1 Å². The highest BCUT2D eigenvalue weighted by Crippen LogP contribution is 2.31. The maximum Gasteiger partial charge on any atom is 0.230 e. The number of benzene rings is 1. The van der Waals surface area contributed by atoms with Gasteiger partial charge >= 0.3 is 0 Å². The minimum Gasteiger partial charge on any atom is -0.497 e. The highest BCUT2D eigenvalue weighted by molar-refractivity contribution is 7.99. The first-order valence-electron chi connectivity index (χ1n) is 6.16. The summed E-state index contributed by atoms with van der Waals surface area (Å²) in [4.78, 5) is 15.5. The zero-order valence-electron chi connectivity index (χ0n) is 12.0. The van der Waals surface area contributed by atoms with E-state index in [1.807, 2.05) is 12.1 Å². The van der Waals surface area contributed by atoms with E-state index in [0.29, 0.717) is 22.5 Å². The summed E-state index contributed by atoms with van der Waals surface area (Å²) >= 11 is 1.26. The number of H-pyrrole nitrogens is 1. The number of carbonyl (C=O) groups excluding carboxylic acids is 1. The Labute approximate surface area is 126 Å². The van der Waals surface area contributed by atoms with Gasteiger partial charge in [-0.15, -0.1) is 5.10 Å². The zero-order valence-corrected chi connectivity index (χ0v) is 12.8. The fourth-order valence-electron chi connectivity index (χ4n) is 1.63. The lowest BCUT2D eigenvalue weighted by Gasteiger charge is -2.07. The molecule has 1 amide bonds. The highest BCUT2D eigenvalue weighted by atomic mass is 32.2. The molecule has 2 aromatic rings. The molecule has 0 spiro atoms. The van der Waals surface area contributed by atoms with Gasteiger partial charge in [0.15, 0.2) is 5.82 Å². The Hall–Kier alpha value is -2.22. The molecule has 1 heterocycles. The van der Waals surface area contributed by atoms with Crippen molar-refractivity contribution >= 4 is 17.7 Å². The van der Waals surface area contributed by atoms with E-state index in [0.717, 1.165) is 5.56 Å². The van der Waals surface area contributed by atoms with Crippen LogP contribution in [0, 0.1) is 0 Å². The lowest BCUT2D eigenvalue weighted by molar-refractivity contribution is -0.118. The maximum atomic E-state index is 11.2. The van der Waals surface area contributed by atoms with Crippen LogP contribution in [-0.2, 0) is 4.79 Å². The predicted molar refractivity (Wildman–Crippen MR) is 79.7 cm³/mol. The number of hydrogen-bond acceptors (Lipinski definition) is 6. The van der Waals surface area contributed by atoms with Gasteiger partial charge in [0.1, 0.15) is 11.5 Å². The fraction of sp³-hybridized carbons (Fsp3) is 0.308. The van der Waals surface area contributed by atoms with Crippen molar-refractivity contribution < 1.29 is 14.3 Å². The molecule has 0 aliphatic carbocycles. The van der Waals surface area contributed by atoms with Crippen molar-refractivity contribution in [2.45, 2.75) is 5.16 Å². The van der Waals surface area contributed by atoms with Crippen LogP contribution in [0.5, 0.6) is 11.5 Å². The first-order chi connectivity index (χ1) is 10.2. The lowest BCUT2D eigenvalue weighted by Crippen LogP contribution is -2.19. The molecule has 1 aromatic heterocycles. The summed E-state index contributed by atoms with van der Waals surface area (Å²) in [5.74, 6) is 2.10. The number of aromatic nitrogens is 3. The molecule has 2 rings (SSSR count). The van der Waals surface area contributed by atoms with Crippen LogP contribution in [0.25, 0.3) is 11.4 Å². The van der Waals surface area contributed by atoms with Gasteiger partial charge in [-0.05, 0) is 12.1 Å². The van der Waals surface area contributed by atoms with Crippen LogP contribution in [0.15, 0.2) is 23.4 Å². The second kappa shape index (κ2) is 6.98. The van der Waals surface area contributed by atoms with E-state index in [1.54, 1.807) is 27.3 Å². The largest absolute Gasteiger partial charge is 0.497 e. The van der Waals surface area contributed by atoms with Crippen molar-refractivity contribution in [1.82, 2.24) is 20.5 Å². The van der Waals surface area contributed by atoms with Crippen LogP contribution in [0.2, 0.25) is 0 Å². The Morgan fingerprint density at radius 2 is 2.19 bits per heavy atom. The minimum absolute atomic E-state index is 0.0756. The van der Waals surface area contributed by atoms with E-state index in [4.69, 9.17) is 9.47 Å². The summed E-state index contributed by atoms with van der Waals surface area (Å²) in [6.07, 6.45) is 0. The predicted octanol–water partition coefficient (Wildman–Crippen LogP) is 1.33. The normalized spacial score (nSPS) is 10.2. The van der Waals surface area contributed by atoms with Gasteiger partial charge in [0.05, 0.1) is 25.5 Å². The van der Waals surface area contributed by atoms with Gasteiger partial charge in [-0.2, -0.15) is 0 Å². The quantitative estimate of drug-likeness (QED) is 0.783. The number of carbonyl (C=O) groups is 1. The van der Waals surface area contributed by atoms with Crippen molar-refractivity contribution in [2.75, 3.05) is 27.0 Å². The summed E-state index contributed by atoms with van der Waals surface area (Å²) in [5.41, 5.74) is 0.776. The van der Waals surface area contributed by atoms with Crippen LogP contribution in [0.1, 0.15) is 0 Å². The summed E-state index contributed by atoms with van der Waals surface area (Å²) in [7, 11) is 4.76. The Bertz CT molecular complexity index is 630. The molecule has 0 radical (unpaired) electrons. The summed E-state index contributed by atoms with van der Waals surface area (Å²) in [5, 5.41) is 9.97. The second-order valence-corrected chi connectivity index (χ2v) is 4.94. The van der Waals surface area contributed by atoms with Crippen LogP contribution >= 0.6 is 11.8 Å². The number of hydrogen-bond donors (Lipinski definition) is 2. The first kappa shape index (κ1) is 15.2. The molecule has 112 valence electrons. The van der Waals surface area contributed by atoms with E-state index in [2.05, 4.69) is 20.5 Å². The number of ether oxygens (including phenoxy) is 2. The molecule has 1 aromatic carbocycles. The molecule has 0 bridgehead atoms. The standard InChI is InChI=1S/C13H16N4O3S/c1-14-11(18)7-21-13-15-12(16-17-13)9-5-4-8(19-2)6-10(9)20-3/h4-6H,7H2,1-3H3,(H,14,18)(H,15,16,17). The highest BCUT2D eigenvalue weighted by Gasteiger charge is 2.13. The maximum absolute atomic E-state index is 11.2. The van der Waals surface area contributed by atoms with Gasteiger partial charge in [0, 0.05) is 13.1 Å². The van der Waals surface area contributed by atoms with Gasteiger partial charge < -0.3 is 14.8 Å². The zero-order chi connectivity index (χ0) is 15.2. The van der Waals surface area contributed by atoms with Crippen LogP contribution < -0.4 is 14.8 Å². The number of nitrogens with zero attached hydrogens (tertiary/aromatic N) is 2. The monoisotopic (exact) mass is 308 g/mol. The molecular formula is C13H16N4O3S. The molecule has 0 unspecified atom stereocenters. The molecule has 2 N–H and O–H groups in total. The van der Waals surface area contributed by atoms with Crippen molar-refractivity contribution in [2.24, 2.45) is 0 Å². The van der Waals surface area contributed by atoms with E-state index in [-0.39, 0.29) is 11.7 Å². The van der Waals surface area contributed by atoms with Gasteiger partial charge in [-0.1, -0.05) is 11.8 Å². The molecule has 0 saturated heterocycles. The van der Waals surface area contributed by atoms with Gasteiger partial charge in [-0.3, -0.25) is 9.89 Å². The lowest BCUT2D eigenvalue weighted by atomic mass is 10.2. The van der Waals surface area contributed by atoms with Gasteiger partial charge in [0.25, 0.3) is 0 Å². The molecule has 8 heteroatoms. The number of amides is 1. The average molecular weight is 308 g/mol. The smallest absolute Gasteiger partial charge is 0.230 e. The molecule has 0 aliphatic heterocycles. The Morgan fingerprint density at radius 3 is 2.86 bits per heavy atom. The van der Waals surface area contributed by atoms with E-state index in [9.17, 15) is 4.79 Å². The third-order valence-electron chi connectivity index (χ3n) is 2.74. The molecule has 0 saturated carbocycles. The van der Waals surface area contributed by atoms with Crippen LogP contribution in [0.4, 0.5) is 0 Å². The van der Waals surface area contributed by atoms with Crippen molar-refractivity contribution in [3.8, 4) is 22.9 Å². The summed E-state index contributed by atoms with van der Waals surface area (Å²) < 4.78 is 10.5. The van der Waals surface area contributed by atoms with Crippen molar-refractivity contribution in [1.29, 1.82) is 0 Å². The van der Waals surface area contributed by atoms with Crippen LogP contribution in [0.3, 0.4) is 0 Å². The molecule has 7 nitrogen and oxygen atoms in total. The Balaban J connectivity index is 2.19. The van der Waals surface area contributed by atoms with Crippen molar-refractivity contribution in [3.05, 3.63) is 18.2 Å². The fourth-order valence-corrected chi connectivity index (χ4v) is 2.30. The second-order valence-electron chi connectivity index (χ2n) is 3.99. The third-order valence-corrected chi connectivity index (χ3v) is 3.59. The van der Waals surface area contributed by atoms with E-state index in [1.165, 1.54) is 11.8 Å². The molecule has 0 fully saturated rings.